The molecule has 2 N–H and O–H groups in total. The number of nitrogens with zero attached hydrogens (tertiary/aromatic N) is 1. The lowest BCUT2D eigenvalue weighted by Gasteiger charge is -2.20. The summed E-state index contributed by atoms with van der Waals surface area (Å²) in [5.74, 6) is 0.414. The first-order valence-corrected chi connectivity index (χ1v) is 8.65. The number of pyridine rings is 1. The first-order chi connectivity index (χ1) is 11.1. The second kappa shape index (κ2) is 6.71. The van der Waals surface area contributed by atoms with E-state index in [0.29, 0.717) is 18.0 Å². The highest BCUT2D eigenvalue weighted by atomic mass is 16.1. The molecule has 1 heterocycles. The van der Waals surface area contributed by atoms with Crippen LogP contribution in [0.2, 0.25) is 0 Å². The van der Waals surface area contributed by atoms with Crippen molar-refractivity contribution in [2.24, 2.45) is 11.7 Å². The van der Waals surface area contributed by atoms with Gasteiger partial charge in [-0.15, -0.1) is 0 Å². The van der Waals surface area contributed by atoms with Crippen LogP contribution in [-0.4, -0.2) is 4.57 Å². The Morgan fingerprint density at radius 1 is 1.09 bits per heavy atom. The molecule has 0 saturated carbocycles. The van der Waals surface area contributed by atoms with Crippen molar-refractivity contribution in [2.45, 2.75) is 52.6 Å². The Balaban J connectivity index is 2.11. The van der Waals surface area contributed by atoms with Gasteiger partial charge >= 0.3 is 0 Å². The number of nitrogens with two attached hydrogens (primary N) is 1. The van der Waals surface area contributed by atoms with Gasteiger partial charge in [0.25, 0.3) is 5.56 Å². The van der Waals surface area contributed by atoms with Gasteiger partial charge in [0.15, 0.2) is 0 Å². The largest absolute Gasteiger partial charge is 0.326 e. The van der Waals surface area contributed by atoms with E-state index in [-0.39, 0.29) is 5.56 Å². The molecule has 3 nitrogen and oxygen atoms in total. The first-order valence-electron chi connectivity index (χ1n) is 8.65. The molecule has 0 atom stereocenters. The summed E-state index contributed by atoms with van der Waals surface area (Å²) in [5, 5.41) is 0. The van der Waals surface area contributed by atoms with Crippen LogP contribution in [-0.2, 0) is 25.9 Å². The third-order valence-corrected chi connectivity index (χ3v) is 4.66. The number of fused-ring (bicyclic) bond motifs is 1. The smallest absolute Gasteiger partial charge is 0.255 e. The van der Waals surface area contributed by atoms with Crippen LogP contribution < -0.4 is 11.3 Å². The predicted octanol–water partition coefficient (Wildman–Crippen LogP) is 3.51. The maximum Gasteiger partial charge on any atom is 0.255 e. The highest BCUT2D eigenvalue weighted by Crippen LogP contribution is 2.27. The van der Waals surface area contributed by atoms with Gasteiger partial charge in [0, 0.05) is 18.7 Å². The normalized spacial score (nSPS) is 14.1. The molecule has 3 rings (SSSR count). The molecule has 0 aliphatic heterocycles. The lowest BCUT2D eigenvalue weighted by molar-refractivity contribution is 0.512. The first kappa shape index (κ1) is 16.0. The average Bonchev–Trinajstić information content (AvgIpc) is 2.56. The Labute approximate surface area is 138 Å². The summed E-state index contributed by atoms with van der Waals surface area (Å²) in [5.41, 5.74) is 11.5. The number of aromatic nitrogens is 1. The number of aryl methyl sites for hydroxylation is 2. The molecule has 122 valence electrons. The Bertz CT molecular complexity index is 759. The molecule has 23 heavy (non-hydrogen) atoms. The number of rotatable bonds is 4. The van der Waals surface area contributed by atoms with Crippen molar-refractivity contribution >= 4 is 0 Å². The van der Waals surface area contributed by atoms with Crippen LogP contribution in [0.15, 0.2) is 35.1 Å². The lowest BCUT2D eigenvalue weighted by Crippen LogP contribution is -2.28. The van der Waals surface area contributed by atoms with Crippen LogP contribution in [0.3, 0.4) is 0 Å². The van der Waals surface area contributed by atoms with E-state index in [2.05, 4.69) is 38.1 Å². The second-order valence-corrected chi connectivity index (χ2v) is 6.95. The zero-order valence-corrected chi connectivity index (χ0v) is 14.1. The third-order valence-electron chi connectivity index (χ3n) is 4.66. The van der Waals surface area contributed by atoms with Crippen molar-refractivity contribution in [3.63, 3.8) is 0 Å². The Hall–Kier alpha value is -1.87. The molecule has 1 aliphatic carbocycles. The summed E-state index contributed by atoms with van der Waals surface area (Å²) >= 11 is 0. The van der Waals surface area contributed by atoms with Crippen molar-refractivity contribution in [1.29, 1.82) is 0 Å². The zero-order valence-electron chi connectivity index (χ0n) is 14.1. The molecule has 0 fully saturated rings. The monoisotopic (exact) mass is 310 g/mol. The number of benzene rings is 1. The van der Waals surface area contributed by atoms with Crippen molar-refractivity contribution in [2.75, 3.05) is 0 Å². The zero-order chi connectivity index (χ0) is 16.4. The molecule has 0 unspecified atom stereocenters. The van der Waals surface area contributed by atoms with Crippen molar-refractivity contribution in [3.8, 4) is 11.3 Å². The van der Waals surface area contributed by atoms with Gasteiger partial charge in [0.2, 0.25) is 0 Å². The Morgan fingerprint density at radius 3 is 2.52 bits per heavy atom. The van der Waals surface area contributed by atoms with E-state index in [1.54, 1.807) is 0 Å². The summed E-state index contributed by atoms with van der Waals surface area (Å²) in [6.07, 6.45) is 4.88. The SMILES string of the molecule is CC(C)Cn1c(-c2ccc3c(c2)CCCC3)ccc(CN)c1=O. The van der Waals surface area contributed by atoms with Crippen molar-refractivity contribution in [1.82, 2.24) is 4.57 Å². The fraction of sp³-hybridized carbons (Fsp3) is 0.450. The van der Waals surface area contributed by atoms with Gasteiger partial charge in [-0.2, -0.15) is 0 Å². The van der Waals surface area contributed by atoms with Gasteiger partial charge < -0.3 is 10.3 Å². The van der Waals surface area contributed by atoms with Gasteiger partial charge in [-0.3, -0.25) is 4.79 Å². The maximum absolute atomic E-state index is 12.7. The van der Waals surface area contributed by atoms with E-state index in [9.17, 15) is 4.79 Å². The van der Waals surface area contributed by atoms with E-state index in [0.717, 1.165) is 24.2 Å². The minimum atomic E-state index is 0.0522. The van der Waals surface area contributed by atoms with Crippen LogP contribution in [0.5, 0.6) is 0 Å². The highest BCUT2D eigenvalue weighted by molar-refractivity contribution is 5.62. The summed E-state index contributed by atoms with van der Waals surface area (Å²) in [6.45, 7) is 5.29. The number of hydrogen-bond acceptors (Lipinski definition) is 2. The Kier molecular flexibility index (Phi) is 4.67. The molecule has 3 heteroatoms. The van der Waals surface area contributed by atoms with E-state index in [1.165, 1.54) is 30.4 Å². The van der Waals surface area contributed by atoms with Crippen LogP contribution in [0.25, 0.3) is 11.3 Å². The van der Waals surface area contributed by atoms with E-state index < -0.39 is 0 Å². The van der Waals surface area contributed by atoms with Crippen molar-refractivity contribution in [3.05, 3.63) is 57.4 Å². The third kappa shape index (κ3) is 3.25. The van der Waals surface area contributed by atoms with Gasteiger partial charge in [0.05, 0.1) is 5.69 Å². The topological polar surface area (TPSA) is 48.0 Å². The molecule has 2 aromatic rings. The van der Waals surface area contributed by atoms with Crippen LogP contribution >= 0.6 is 0 Å². The lowest BCUT2D eigenvalue weighted by atomic mass is 9.90. The predicted molar refractivity (Wildman–Crippen MR) is 95.5 cm³/mol. The maximum atomic E-state index is 12.7. The standard InChI is InChI=1S/C20H26N2O/c1-14(2)13-22-19(10-9-18(12-21)20(22)23)17-8-7-15-5-3-4-6-16(15)11-17/h7-11,14H,3-6,12-13,21H2,1-2H3. The van der Waals surface area contributed by atoms with Crippen LogP contribution in [0, 0.1) is 5.92 Å². The van der Waals surface area contributed by atoms with E-state index >= 15 is 0 Å². The van der Waals surface area contributed by atoms with Gasteiger partial charge in [-0.05, 0) is 60.4 Å². The fourth-order valence-corrected chi connectivity index (χ4v) is 3.47. The molecule has 1 aromatic heterocycles. The van der Waals surface area contributed by atoms with Crippen molar-refractivity contribution < 1.29 is 0 Å². The van der Waals surface area contributed by atoms with Crippen LogP contribution in [0.4, 0.5) is 0 Å². The number of hydrogen-bond donors (Lipinski definition) is 1. The average molecular weight is 310 g/mol. The molecular formula is C20H26N2O. The summed E-state index contributed by atoms with van der Waals surface area (Å²) in [6, 6.07) is 10.6. The van der Waals surface area contributed by atoms with Crippen LogP contribution in [0.1, 0.15) is 43.4 Å². The second-order valence-electron chi connectivity index (χ2n) is 6.95. The molecule has 0 radical (unpaired) electrons. The molecule has 1 aliphatic rings. The quantitative estimate of drug-likeness (QED) is 0.939. The Morgan fingerprint density at radius 2 is 1.83 bits per heavy atom. The van der Waals surface area contributed by atoms with E-state index in [1.807, 2.05) is 10.6 Å². The summed E-state index contributed by atoms with van der Waals surface area (Å²) in [4.78, 5) is 12.7. The molecular weight excluding hydrogens is 284 g/mol. The molecule has 0 spiro atoms. The fourth-order valence-electron chi connectivity index (χ4n) is 3.47. The van der Waals surface area contributed by atoms with E-state index in [4.69, 9.17) is 5.73 Å². The van der Waals surface area contributed by atoms with Gasteiger partial charge in [0.1, 0.15) is 0 Å². The summed E-state index contributed by atoms with van der Waals surface area (Å²) < 4.78 is 1.90. The molecule has 1 aromatic carbocycles. The highest BCUT2D eigenvalue weighted by Gasteiger charge is 2.14. The van der Waals surface area contributed by atoms with Gasteiger partial charge in [-0.1, -0.05) is 32.0 Å². The summed E-state index contributed by atoms with van der Waals surface area (Å²) in [7, 11) is 0. The minimum absolute atomic E-state index is 0.0522. The minimum Gasteiger partial charge on any atom is -0.326 e. The molecule has 0 bridgehead atoms. The molecule has 0 saturated heterocycles. The molecule has 0 amide bonds. The van der Waals surface area contributed by atoms with Gasteiger partial charge in [-0.25, -0.2) is 0 Å².